The molecular formula is C16H24N2O2. The van der Waals surface area contributed by atoms with Gasteiger partial charge in [0, 0.05) is 18.2 Å². The summed E-state index contributed by atoms with van der Waals surface area (Å²) in [5.41, 5.74) is 1.03. The zero-order valence-electron chi connectivity index (χ0n) is 12.5. The van der Waals surface area contributed by atoms with Crippen LogP contribution in [0.25, 0.3) is 0 Å². The van der Waals surface area contributed by atoms with Crippen molar-refractivity contribution >= 4 is 5.91 Å². The Labute approximate surface area is 121 Å². The van der Waals surface area contributed by atoms with Crippen molar-refractivity contribution in [2.75, 3.05) is 6.61 Å². The van der Waals surface area contributed by atoms with Crippen LogP contribution in [0.4, 0.5) is 0 Å². The molecule has 20 heavy (non-hydrogen) atoms. The van der Waals surface area contributed by atoms with Gasteiger partial charge in [0.2, 0.25) is 5.91 Å². The maximum Gasteiger partial charge on any atom is 0.237 e. The molecule has 0 heterocycles. The van der Waals surface area contributed by atoms with Crippen LogP contribution in [0, 0.1) is 0 Å². The van der Waals surface area contributed by atoms with Gasteiger partial charge >= 0.3 is 0 Å². The fraction of sp³-hybridized carbons (Fsp3) is 0.438. The van der Waals surface area contributed by atoms with Gasteiger partial charge in [-0.25, -0.2) is 0 Å². The van der Waals surface area contributed by atoms with Gasteiger partial charge in [-0.1, -0.05) is 30.9 Å². The van der Waals surface area contributed by atoms with Crippen LogP contribution in [-0.2, 0) is 11.3 Å². The van der Waals surface area contributed by atoms with Gasteiger partial charge in [-0.2, -0.15) is 0 Å². The lowest BCUT2D eigenvalue weighted by Crippen LogP contribution is -2.44. The number of rotatable bonds is 8. The molecule has 1 aromatic carbocycles. The predicted molar refractivity (Wildman–Crippen MR) is 81.7 cm³/mol. The van der Waals surface area contributed by atoms with Crippen molar-refractivity contribution in [2.45, 2.75) is 39.4 Å². The maximum atomic E-state index is 11.8. The van der Waals surface area contributed by atoms with E-state index in [1.165, 1.54) is 0 Å². The summed E-state index contributed by atoms with van der Waals surface area (Å²) in [5, 5.41) is 6.08. The van der Waals surface area contributed by atoms with Gasteiger partial charge in [-0.15, -0.1) is 0 Å². The molecule has 1 unspecified atom stereocenters. The van der Waals surface area contributed by atoms with Gasteiger partial charge < -0.3 is 15.4 Å². The Morgan fingerprint density at radius 3 is 2.70 bits per heavy atom. The minimum Gasteiger partial charge on any atom is -0.489 e. The number of amides is 1. The standard InChI is InChI=1S/C16H24N2O2/c1-5-10-20-15-9-7-6-8-14(15)11-17-13(4)16(19)18-12(2)3/h5-9,12-13,17H,1,10-11H2,2-4H3,(H,18,19). The Hall–Kier alpha value is -1.81. The second kappa shape index (κ2) is 8.38. The highest BCUT2D eigenvalue weighted by Gasteiger charge is 2.13. The topological polar surface area (TPSA) is 50.4 Å². The van der Waals surface area contributed by atoms with Gasteiger partial charge in [0.05, 0.1) is 6.04 Å². The Kier molecular flexibility index (Phi) is 6.81. The van der Waals surface area contributed by atoms with Crippen LogP contribution >= 0.6 is 0 Å². The molecule has 110 valence electrons. The first-order valence-electron chi connectivity index (χ1n) is 6.90. The van der Waals surface area contributed by atoms with Crippen molar-refractivity contribution in [1.29, 1.82) is 0 Å². The summed E-state index contributed by atoms with van der Waals surface area (Å²) in [7, 11) is 0. The molecule has 1 rings (SSSR count). The summed E-state index contributed by atoms with van der Waals surface area (Å²) >= 11 is 0. The molecule has 0 saturated carbocycles. The van der Waals surface area contributed by atoms with E-state index >= 15 is 0 Å². The molecule has 0 aliphatic rings. The molecular weight excluding hydrogens is 252 g/mol. The Bertz CT molecular complexity index is 444. The van der Waals surface area contributed by atoms with E-state index in [0.717, 1.165) is 11.3 Å². The molecule has 0 aliphatic heterocycles. The maximum absolute atomic E-state index is 11.8. The molecule has 0 fully saturated rings. The van der Waals surface area contributed by atoms with Gasteiger partial charge in [-0.3, -0.25) is 4.79 Å². The number of carbonyl (C=O) groups is 1. The largest absolute Gasteiger partial charge is 0.489 e. The van der Waals surface area contributed by atoms with Crippen molar-refractivity contribution in [3.63, 3.8) is 0 Å². The third-order valence-electron chi connectivity index (χ3n) is 2.75. The van der Waals surface area contributed by atoms with Gasteiger partial charge in [0.1, 0.15) is 12.4 Å². The number of hydrogen-bond donors (Lipinski definition) is 2. The van der Waals surface area contributed by atoms with Crippen LogP contribution in [0.5, 0.6) is 5.75 Å². The van der Waals surface area contributed by atoms with Crippen LogP contribution in [0.15, 0.2) is 36.9 Å². The smallest absolute Gasteiger partial charge is 0.237 e. The first kappa shape index (κ1) is 16.2. The highest BCUT2D eigenvalue weighted by atomic mass is 16.5. The Morgan fingerprint density at radius 1 is 1.35 bits per heavy atom. The zero-order valence-corrected chi connectivity index (χ0v) is 12.5. The van der Waals surface area contributed by atoms with E-state index < -0.39 is 0 Å². The molecule has 0 spiro atoms. The van der Waals surface area contributed by atoms with E-state index in [0.29, 0.717) is 13.2 Å². The minimum atomic E-state index is -0.245. The van der Waals surface area contributed by atoms with E-state index in [1.807, 2.05) is 45.0 Å². The van der Waals surface area contributed by atoms with E-state index in [4.69, 9.17) is 4.74 Å². The lowest BCUT2D eigenvalue weighted by molar-refractivity contribution is -0.123. The summed E-state index contributed by atoms with van der Waals surface area (Å²) in [6, 6.07) is 7.69. The molecule has 0 aliphatic carbocycles. The fourth-order valence-corrected chi connectivity index (χ4v) is 1.70. The lowest BCUT2D eigenvalue weighted by atomic mass is 10.2. The third-order valence-corrected chi connectivity index (χ3v) is 2.75. The van der Waals surface area contributed by atoms with Crippen molar-refractivity contribution in [3.8, 4) is 5.75 Å². The van der Waals surface area contributed by atoms with E-state index in [2.05, 4.69) is 17.2 Å². The first-order chi connectivity index (χ1) is 9.54. The summed E-state index contributed by atoms with van der Waals surface area (Å²) in [4.78, 5) is 11.8. The molecule has 2 N–H and O–H groups in total. The van der Waals surface area contributed by atoms with E-state index in [1.54, 1.807) is 6.08 Å². The average Bonchev–Trinajstić information content (AvgIpc) is 2.42. The number of para-hydroxylation sites is 1. The Morgan fingerprint density at radius 2 is 2.05 bits per heavy atom. The van der Waals surface area contributed by atoms with Gasteiger partial charge in [0.25, 0.3) is 0 Å². The number of ether oxygens (including phenoxy) is 1. The number of hydrogen-bond acceptors (Lipinski definition) is 3. The van der Waals surface area contributed by atoms with E-state index in [-0.39, 0.29) is 18.0 Å². The molecule has 4 heteroatoms. The number of benzene rings is 1. The average molecular weight is 276 g/mol. The molecule has 0 bridgehead atoms. The summed E-state index contributed by atoms with van der Waals surface area (Å²) in [6.07, 6.45) is 1.71. The molecule has 0 radical (unpaired) electrons. The van der Waals surface area contributed by atoms with Crippen LogP contribution in [0.2, 0.25) is 0 Å². The number of carbonyl (C=O) groups excluding carboxylic acids is 1. The highest BCUT2D eigenvalue weighted by molar-refractivity contribution is 5.81. The van der Waals surface area contributed by atoms with Crippen molar-refractivity contribution in [1.82, 2.24) is 10.6 Å². The fourth-order valence-electron chi connectivity index (χ4n) is 1.70. The summed E-state index contributed by atoms with van der Waals surface area (Å²) in [5.74, 6) is 0.820. The van der Waals surface area contributed by atoms with E-state index in [9.17, 15) is 4.79 Å². The second-order valence-electron chi connectivity index (χ2n) is 4.97. The molecule has 0 saturated heterocycles. The lowest BCUT2D eigenvalue weighted by Gasteiger charge is -2.17. The molecule has 1 amide bonds. The van der Waals surface area contributed by atoms with Crippen molar-refractivity contribution in [2.24, 2.45) is 0 Å². The SMILES string of the molecule is C=CCOc1ccccc1CNC(C)C(=O)NC(C)C. The van der Waals surface area contributed by atoms with Crippen LogP contribution in [-0.4, -0.2) is 24.6 Å². The minimum absolute atomic E-state index is 0.00416. The predicted octanol–water partition coefficient (Wildman–Crippen LogP) is 2.25. The summed E-state index contributed by atoms with van der Waals surface area (Å²) < 4.78 is 5.59. The highest BCUT2D eigenvalue weighted by Crippen LogP contribution is 2.17. The number of nitrogens with one attached hydrogen (secondary N) is 2. The van der Waals surface area contributed by atoms with Crippen LogP contribution in [0.1, 0.15) is 26.3 Å². The second-order valence-corrected chi connectivity index (χ2v) is 4.97. The van der Waals surface area contributed by atoms with Crippen molar-refractivity contribution in [3.05, 3.63) is 42.5 Å². The quantitative estimate of drug-likeness (QED) is 0.716. The summed E-state index contributed by atoms with van der Waals surface area (Å²) in [6.45, 7) is 10.4. The molecule has 4 nitrogen and oxygen atoms in total. The molecule has 1 atom stereocenters. The zero-order chi connectivity index (χ0) is 15.0. The van der Waals surface area contributed by atoms with Crippen molar-refractivity contribution < 1.29 is 9.53 Å². The van der Waals surface area contributed by atoms with Gasteiger partial charge in [-0.05, 0) is 26.8 Å². The Balaban J connectivity index is 2.56. The third kappa shape index (κ3) is 5.45. The first-order valence-corrected chi connectivity index (χ1v) is 6.90. The van der Waals surface area contributed by atoms with Gasteiger partial charge in [0.15, 0.2) is 0 Å². The molecule has 0 aromatic heterocycles. The molecule has 1 aromatic rings. The monoisotopic (exact) mass is 276 g/mol. The van der Waals surface area contributed by atoms with Crippen LogP contribution < -0.4 is 15.4 Å². The van der Waals surface area contributed by atoms with Crippen LogP contribution in [0.3, 0.4) is 0 Å². The normalized spacial score (nSPS) is 12.0.